The van der Waals surface area contributed by atoms with Crippen LogP contribution in [0.5, 0.6) is 0 Å². The predicted octanol–water partition coefficient (Wildman–Crippen LogP) is 2.83. The number of nitrogen functional groups attached to an aromatic ring is 1. The van der Waals surface area contributed by atoms with Crippen LogP contribution in [0.4, 0.5) is 5.95 Å². The Morgan fingerprint density at radius 1 is 1.05 bits per heavy atom. The van der Waals surface area contributed by atoms with Gasteiger partial charge in [-0.15, -0.1) is 5.10 Å². The molecule has 0 bridgehead atoms. The molecule has 0 atom stereocenters. The molecule has 22 heavy (non-hydrogen) atoms. The van der Waals surface area contributed by atoms with Crippen molar-refractivity contribution in [3.63, 3.8) is 0 Å². The summed E-state index contributed by atoms with van der Waals surface area (Å²) in [6, 6.07) is 14.8. The van der Waals surface area contributed by atoms with Crippen molar-refractivity contribution >= 4 is 11.9 Å². The van der Waals surface area contributed by atoms with Crippen LogP contribution in [0.3, 0.4) is 0 Å². The number of rotatable bonds is 2. The molecule has 0 saturated carbocycles. The van der Waals surface area contributed by atoms with Crippen molar-refractivity contribution in [1.29, 1.82) is 0 Å². The Kier molecular flexibility index (Phi) is 3.47. The molecule has 5 nitrogen and oxygen atoms in total. The van der Waals surface area contributed by atoms with Gasteiger partial charge in [0.25, 0.3) is 5.91 Å². The molecule has 2 N–H and O–H groups in total. The molecule has 3 rings (SSSR count). The number of aryl methyl sites for hydroxylation is 2. The lowest BCUT2D eigenvalue weighted by atomic mass is 10.1. The molecule has 5 heteroatoms. The Balaban J connectivity index is 2.00. The molecule has 0 aliphatic heterocycles. The molecule has 110 valence electrons. The first-order valence-corrected chi connectivity index (χ1v) is 6.96. The molecular formula is C17H16N4O. The summed E-state index contributed by atoms with van der Waals surface area (Å²) >= 11 is 0. The van der Waals surface area contributed by atoms with E-state index in [9.17, 15) is 4.79 Å². The summed E-state index contributed by atoms with van der Waals surface area (Å²) < 4.78 is 1.14. The predicted molar refractivity (Wildman–Crippen MR) is 85.5 cm³/mol. The monoisotopic (exact) mass is 292 g/mol. The molecule has 1 aromatic heterocycles. The van der Waals surface area contributed by atoms with E-state index in [1.807, 2.05) is 38.1 Å². The van der Waals surface area contributed by atoms with E-state index in [1.54, 1.807) is 24.3 Å². The zero-order valence-corrected chi connectivity index (χ0v) is 12.4. The molecule has 0 unspecified atom stereocenters. The largest absolute Gasteiger partial charge is 0.368 e. The quantitative estimate of drug-likeness (QED) is 0.788. The van der Waals surface area contributed by atoms with Crippen molar-refractivity contribution in [2.75, 3.05) is 5.73 Å². The number of carbonyl (C=O) groups excluding carboxylic acids is 1. The van der Waals surface area contributed by atoms with Gasteiger partial charge in [0.2, 0.25) is 5.95 Å². The van der Waals surface area contributed by atoms with Gasteiger partial charge in [-0.05, 0) is 43.2 Å². The van der Waals surface area contributed by atoms with E-state index in [2.05, 4.69) is 10.1 Å². The minimum atomic E-state index is -0.291. The number of nitrogens with zero attached hydrogens (tertiary/aromatic N) is 3. The lowest BCUT2D eigenvalue weighted by Gasteiger charge is -2.02. The first-order valence-electron chi connectivity index (χ1n) is 6.96. The Hall–Kier alpha value is -2.95. The molecule has 0 radical (unpaired) electrons. The van der Waals surface area contributed by atoms with Gasteiger partial charge in [0.05, 0.1) is 0 Å². The van der Waals surface area contributed by atoms with E-state index < -0.39 is 0 Å². The molecule has 0 aliphatic carbocycles. The zero-order valence-electron chi connectivity index (χ0n) is 12.4. The van der Waals surface area contributed by atoms with Crippen LogP contribution in [-0.4, -0.2) is 20.7 Å². The third-order valence-electron chi connectivity index (χ3n) is 3.61. The summed E-state index contributed by atoms with van der Waals surface area (Å²) in [5.74, 6) is 0.243. The average Bonchev–Trinajstić information content (AvgIpc) is 2.92. The van der Waals surface area contributed by atoms with E-state index in [1.165, 1.54) is 5.56 Å². The van der Waals surface area contributed by atoms with Gasteiger partial charge in [0, 0.05) is 11.1 Å². The van der Waals surface area contributed by atoms with Gasteiger partial charge in [-0.25, -0.2) is 0 Å². The molecule has 0 fully saturated rings. The first kappa shape index (κ1) is 14.0. The van der Waals surface area contributed by atoms with Gasteiger partial charge in [-0.3, -0.25) is 4.79 Å². The number of hydrogen-bond donors (Lipinski definition) is 1. The van der Waals surface area contributed by atoms with E-state index in [4.69, 9.17) is 5.73 Å². The smallest absolute Gasteiger partial charge is 0.281 e. The second kappa shape index (κ2) is 5.44. The van der Waals surface area contributed by atoms with Crippen LogP contribution in [-0.2, 0) is 0 Å². The topological polar surface area (TPSA) is 73.8 Å². The van der Waals surface area contributed by atoms with Crippen LogP contribution in [0.25, 0.3) is 11.4 Å². The fraction of sp³-hybridized carbons (Fsp3) is 0.118. The van der Waals surface area contributed by atoms with E-state index in [0.29, 0.717) is 11.4 Å². The van der Waals surface area contributed by atoms with Gasteiger partial charge < -0.3 is 5.73 Å². The van der Waals surface area contributed by atoms with Gasteiger partial charge in [0.1, 0.15) is 0 Å². The van der Waals surface area contributed by atoms with Crippen molar-refractivity contribution < 1.29 is 4.79 Å². The normalized spacial score (nSPS) is 10.6. The minimum absolute atomic E-state index is 0.0853. The van der Waals surface area contributed by atoms with Crippen molar-refractivity contribution in [1.82, 2.24) is 14.8 Å². The standard InChI is InChI=1S/C17H16N4O/c1-11-8-9-14(10-12(11)2)15-19-17(18)21(20-15)16(22)13-6-4-3-5-7-13/h3-10H,1-2H3,(H2,18,19,20). The molecule has 3 aromatic rings. The highest BCUT2D eigenvalue weighted by Gasteiger charge is 2.16. The van der Waals surface area contributed by atoms with Crippen molar-refractivity contribution in [3.8, 4) is 11.4 Å². The lowest BCUT2D eigenvalue weighted by molar-refractivity contribution is 0.0948. The number of nitrogens with two attached hydrogens (primary N) is 1. The summed E-state index contributed by atoms with van der Waals surface area (Å²) in [5.41, 5.74) is 9.55. The number of hydrogen-bond acceptors (Lipinski definition) is 4. The third kappa shape index (κ3) is 2.48. The maximum Gasteiger partial charge on any atom is 0.281 e. The highest BCUT2D eigenvalue weighted by Crippen LogP contribution is 2.20. The molecule has 0 amide bonds. The fourth-order valence-corrected chi connectivity index (χ4v) is 2.18. The second-order valence-corrected chi connectivity index (χ2v) is 5.18. The van der Waals surface area contributed by atoms with Gasteiger partial charge >= 0.3 is 0 Å². The minimum Gasteiger partial charge on any atom is -0.368 e. The molecular weight excluding hydrogens is 276 g/mol. The summed E-state index contributed by atoms with van der Waals surface area (Å²) in [6.07, 6.45) is 0. The van der Waals surface area contributed by atoms with Crippen molar-refractivity contribution in [3.05, 3.63) is 65.2 Å². The first-order chi connectivity index (χ1) is 10.6. The van der Waals surface area contributed by atoms with Crippen LogP contribution in [0, 0.1) is 13.8 Å². The van der Waals surface area contributed by atoms with Crippen LogP contribution in [0.1, 0.15) is 21.5 Å². The molecule has 1 heterocycles. The number of benzene rings is 2. The Bertz CT molecular complexity index is 837. The van der Waals surface area contributed by atoms with Gasteiger partial charge in [-0.1, -0.05) is 30.3 Å². The maximum absolute atomic E-state index is 12.4. The third-order valence-corrected chi connectivity index (χ3v) is 3.61. The van der Waals surface area contributed by atoms with Crippen LogP contribution >= 0.6 is 0 Å². The second-order valence-electron chi connectivity index (χ2n) is 5.18. The Labute approximate surface area is 128 Å². The number of anilines is 1. The van der Waals surface area contributed by atoms with E-state index >= 15 is 0 Å². The highest BCUT2D eigenvalue weighted by atomic mass is 16.2. The summed E-state index contributed by atoms with van der Waals surface area (Å²) in [4.78, 5) is 16.6. The zero-order chi connectivity index (χ0) is 15.7. The van der Waals surface area contributed by atoms with Crippen LogP contribution in [0.2, 0.25) is 0 Å². The average molecular weight is 292 g/mol. The fourth-order valence-electron chi connectivity index (χ4n) is 2.18. The summed E-state index contributed by atoms with van der Waals surface area (Å²) in [6.45, 7) is 4.06. The maximum atomic E-state index is 12.4. The number of aromatic nitrogens is 3. The Morgan fingerprint density at radius 3 is 2.45 bits per heavy atom. The SMILES string of the molecule is Cc1ccc(-c2nc(N)n(C(=O)c3ccccc3)n2)cc1C. The Morgan fingerprint density at radius 2 is 1.77 bits per heavy atom. The molecule has 0 spiro atoms. The lowest BCUT2D eigenvalue weighted by Crippen LogP contribution is -2.16. The van der Waals surface area contributed by atoms with Crippen molar-refractivity contribution in [2.24, 2.45) is 0 Å². The van der Waals surface area contributed by atoms with Crippen molar-refractivity contribution in [2.45, 2.75) is 13.8 Å². The van der Waals surface area contributed by atoms with E-state index in [0.717, 1.165) is 15.8 Å². The summed E-state index contributed by atoms with van der Waals surface area (Å²) in [7, 11) is 0. The number of carbonyl (C=O) groups is 1. The molecule has 0 saturated heterocycles. The molecule has 2 aromatic carbocycles. The summed E-state index contributed by atoms with van der Waals surface area (Å²) in [5, 5.41) is 4.26. The van der Waals surface area contributed by atoms with Crippen LogP contribution < -0.4 is 5.73 Å². The van der Waals surface area contributed by atoms with Gasteiger partial charge in [0.15, 0.2) is 5.82 Å². The highest BCUT2D eigenvalue weighted by molar-refractivity contribution is 5.96. The molecule has 0 aliphatic rings. The van der Waals surface area contributed by atoms with E-state index in [-0.39, 0.29) is 11.9 Å². The van der Waals surface area contributed by atoms with Crippen LogP contribution in [0.15, 0.2) is 48.5 Å². The van der Waals surface area contributed by atoms with Gasteiger partial charge in [-0.2, -0.15) is 9.67 Å².